The Labute approximate surface area is 105 Å². The molecular formula is C15H24O2. The summed E-state index contributed by atoms with van der Waals surface area (Å²) in [4.78, 5) is 10.5. The van der Waals surface area contributed by atoms with Crippen molar-refractivity contribution in [2.75, 3.05) is 0 Å². The highest BCUT2D eigenvalue weighted by molar-refractivity contribution is 5.62. The third-order valence-corrected chi connectivity index (χ3v) is 3.29. The fourth-order valence-corrected chi connectivity index (χ4v) is 1.92. The van der Waals surface area contributed by atoms with E-state index in [9.17, 15) is 4.79 Å². The van der Waals surface area contributed by atoms with Crippen molar-refractivity contribution in [2.24, 2.45) is 0 Å². The smallest absolute Gasteiger partial charge is 0.151 e. The summed E-state index contributed by atoms with van der Waals surface area (Å²) in [6.45, 7) is 8.44. The lowest BCUT2D eigenvalue weighted by Crippen LogP contribution is -2.09. The van der Waals surface area contributed by atoms with Gasteiger partial charge in [-0.2, -0.15) is 0 Å². The van der Waals surface area contributed by atoms with E-state index >= 15 is 0 Å². The Morgan fingerprint density at radius 1 is 1.24 bits per heavy atom. The van der Waals surface area contributed by atoms with E-state index in [0.29, 0.717) is 0 Å². The maximum atomic E-state index is 10.5. The molecule has 1 rings (SSSR count). The minimum absolute atomic E-state index is 0.165. The van der Waals surface area contributed by atoms with Crippen molar-refractivity contribution < 1.29 is 9.53 Å². The molecule has 1 fully saturated rings. The number of rotatable bonds is 7. The number of ether oxygens (including phenoxy) is 1. The van der Waals surface area contributed by atoms with Crippen LogP contribution in [0.2, 0.25) is 0 Å². The zero-order chi connectivity index (χ0) is 12.9. The van der Waals surface area contributed by atoms with E-state index in [4.69, 9.17) is 4.74 Å². The molecular weight excluding hydrogens is 212 g/mol. The Balaban J connectivity index is 2.20. The number of epoxide rings is 1. The van der Waals surface area contributed by atoms with E-state index in [-0.39, 0.29) is 11.7 Å². The van der Waals surface area contributed by atoms with E-state index in [2.05, 4.69) is 32.9 Å². The number of carbonyl (C=O) groups is 1. The highest BCUT2D eigenvalue weighted by Gasteiger charge is 2.51. The van der Waals surface area contributed by atoms with Gasteiger partial charge in [-0.1, -0.05) is 23.3 Å². The molecule has 1 aliphatic heterocycles. The summed E-state index contributed by atoms with van der Waals surface area (Å²) < 4.78 is 5.34. The topological polar surface area (TPSA) is 29.6 Å². The predicted molar refractivity (Wildman–Crippen MR) is 71.0 cm³/mol. The summed E-state index contributed by atoms with van der Waals surface area (Å²) in [5, 5.41) is 0. The van der Waals surface area contributed by atoms with Crippen molar-refractivity contribution in [3.63, 3.8) is 0 Å². The second kappa shape index (κ2) is 6.15. The first-order valence-corrected chi connectivity index (χ1v) is 6.40. The van der Waals surface area contributed by atoms with Gasteiger partial charge in [-0.3, -0.25) is 0 Å². The number of hydrogen-bond donors (Lipinski definition) is 0. The molecule has 17 heavy (non-hydrogen) atoms. The molecule has 0 aliphatic carbocycles. The molecule has 0 aromatic heterocycles. The maximum Gasteiger partial charge on any atom is 0.151 e. The van der Waals surface area contributed by atoms with Crippen LogP contribution in [-0.4, -0.2) is 18.0 Å². The summed E-state index contributed by atoms with van der Waals surface area (Å²) in [6.07, 6.45) is 9.47. The first-order valence-electron chi connectivity index (χ1n) is 6.40. The van der Waals surface area contributed by atoms with Crippen LogP contribution in [0.25, 0.3) is 0 Å². The first kappa shape index (κ1) is 14.2. The van der Waals surface area contributed by atoms with Gasteiger partial charge in [0.1, 0.15) is 6.10 Å². The van der Waals surface area contributed by atoms with Gasteiger partial charge in [0, 0.05) is 0 Å². The molecule has 1 heterocycles. The standard InChI is InChI=1S/C15H24O2/c1-12(2)7-5-8-13(3)9-6-10-15(4)14(11-16)17-15/h7,9,11,14H,5-6,8,10H2,1-4H3/b13-9+/t14-,15-/m0/s1. The molecule has 96 valence electrons. The Morgan fingerprint density at radius 3 is 2.47 bits per heavy atom. The van der Waals surface area contributed by atoms with E-state index in [0.717, 1.165) is 32.0 Å². The zero-order valence-electron chi connectivity index (χ0n) is 11.5. The fraction of sp³-hybridized carbons (Fsp3) is 0.667. The molecule has 0 radical (unpaired) electrons. The summed E-state index contributed by atoms with van der Waals surface area (Å²) >= 11 is 0. The molecule has 0 N–H and O–H groups in total. The van der Waals surface area contributed by atoms with Crippen molar-refractivity contribution in [1.29, 1.82) is 0 Å². The van der Waals surface area contributed by atoms with Gasteiger partial charge in [0.05, 0.1) is 5.60 Å². The second-order valence-electron chi connectivity index (χ2n) is 5.40. The van der Waals surface area contributed by atoms with E-state index in [1.165, 1.54) is 11.1 Å². The maximum absolute atomic E-state index is 10.5. The number of aldehydes is 1. The van der Waals surface area contributed by atoms with Crippen LogP contribution < -0.4 is 0 Å². The number of carbonyl (C=O) groups excluding carboxylic acids is 1. The van der Waals surface area contributed by atoms with Crippen molar-refractivity contribution in [1.82, 2.24) is 0 Å². The highest BCUT2D eigenvalue weighted by Crippen LogP contribution is 2.38. The molecule has 2 nitrogen and oxygen atoms in total. The van der Waals surface area contributed by atoms with Crippen molar-refractivity contribution >= 4 is 6.29 Å². The third-order valence-electron chi connectivity index (χ3n) is 3.29. The SMILES string of the molecule is CC(C)=CCC/C(C)=C/CC[C@]1(C)O[C@H]1C=O. The highest BCUT2D eigenvalue weighted by atomic mass is 16.6. The van der Waals surface area contributed by atoms with Gasteiger partial charge in [-0.05, 0) is 53.4 Å². The van der Waals surface area contributed by atoms with E-state index < -0.39 is 0 Å². The third kappa shape index (κ3) is 4.86. The van der Waals surface area contributed by atoms with Gasteiger partial charge in [-0.25, -0.2) is 0 Å². The quantitative estimate of drug-likeness (QED) is 0.382. The van der Waals surface area contributed by atoms with Crippen LogP contribution in [-0.2, 0) is 9.53 Å². The minimum Gasteiger partial charge on any atom is -0.358 e. The molecule has 0 aromatic rings. The summed E-state index contributed by atoms with van der Waals surface area (Å²) in [6, 6.07) is 0. The van der Waals surface area contributed by atoms with E-state index in [1.54, 1.807) is 0 Å². The molecule has 0 spiro atoms. The van der Waals surface area contributed by atoms with Gasteiger partial charge >= 0.3 is 0 Å². The van der Waals surface area contributed by atoms with Gasteiger partial charge in [0.2, 0.25) is 0 Å². The molecule has 1 saturated heterocycles. The molecule has 2 heteroatoms. The lowest BCUT2D eigenvalue weighted by molar-refractivity contribution is -0.108. The molecule has 2 atom stereocenters. The van der Waals surface area contributed by atoms with Crippen LogP contribution in [0.15, 0.2) is 23.3 Å². The van der Waals surface area contributed by atoms with Crippen LogP contribution in [0.1, 0.15) is 53.4 Å². The Hall–Kier alpha value is -0.890. The molecule has 0 bridgehead atoms. The summed E-state index contributed by atoms with van der Waals surface area (Å²) in [5.41, 5.74) is 2.62. The lowest BCUT2D eigenvalue weighted by atomic mass is 10.0. The van der Waals surface area contributed by atoms with Gasteiger partial charge in [0.15, 0.2) is 6.29 Å². The average Bonchev–Trinajstić information content (AvgIpc) is 2.89. The monoisotopic (exact) mass is 236 g/mol. The molecule has 1 aliphatic rings. The number of hydrogen-bond acceptors (Lipinski definition) is 2. The van der Waals surface area contributed by atoms with Crippen molar-refractivity contribution in [2.45, 2.75) is 65.1 Å². The van der Waals surface area contributed by atoms with Crippen LogP contribution in [0.5, 0.6) is 0 Å². The fourth-order valence-electron chi connectivity index (χ4n) is 1.92. The first-order chi connectivity index (χ1) is 7.98. The summed E-state index contributed by atoms with van der Waals surface area (Å²) in [7, 11) is 0. The molecule has 0 aromatic carbocycles. The van der Waals surface area contributed by atoms with Gasteiger partial charge in [-0.15, -0.1) is 0 Å². The number of allylic oxidation sites excluding steroid dienone is 4. The normalized spacial score (nSPS) is 27.8. The average molecular weight is 236 g/mol. The Kier molecular flexibility index (Phi) is 5.13. The van der Waals surface area contributed by atoms with Crippen molar-refractivity contribution in [3.8, 4) is 0 Å². The Morgan fingerprint density at radius 2 is 1.94 bits per heavy atom. The zero-order valence-corrected chi connectivity index (χ0v) is 11.5. The summed E-state index contributed by atoms with van der Waals surface area (Å²) in [5.74, 6) is 0. The van der Waals surface area contributed by atoms with Crippen LogP contribution >= 0.6 is 0 Å². The van der Waals surface area contributed by atoms with Crippen molar-refractivity contribution in [3.05, 3.63) is 23.3 Å². The van der Waals surface area contributed by atoms with Gasteiger partial charge < -0.3 is 9.53 Å². The largest absolute Gasteiger partial charge is 0.358 e. The Bertz CT molecular complexity index is 324. The molecule has 0 unspecified atom stereocenters. The molecule has 0 amide bonds. The predicted octanol–water partition coefficient (Wildman–Crippen LogP) is 3.82. The van der Waals surface area contributed by atoms with Crippen LogP contribution in [0, 0.1) is 0 Å². The van der Waals surface area contributed by atoms with Crippen LogP contribution in [0.4, 0.5) is 0 Å². The second-order valence-corrected chi connectivity index (χ2v) is 5.40. The molecule has 0 saturated carbocycles. The lowest BCUT2D eigenvalue weighted by Gasteiger charge is -2.03. The van der Waals surface area contributed by atoms with Gasteiger partial charge in [0.25, 0.3) is 0 Å². The minimum atomic E-state index is -0.182. The van der Waals surface area contributed by atoms with Crippen LogP contribution in [0.3, 0.4) is 0 Å². The van der Waals surface area contributed by atoms with E-state index in [1.807, 2.05) is 6.92 Å².